The van der Waals surface area contributed by atoms with Gasteiger partial charge in [0.2, 0.25) is 15.8 Å². The standard InChI is InChI=1S/C26H36N4O6S/c1-29-15-21(31)13-28-37(33,34)24-7-6-20(19-4-2-3-5-19)12-22(24)35-17-26(16-29)8-10-30(11-9-26)25(32)23-14-27-18-36-23/h6-7,12,14,18-19,21,28,31H,2-5,8-11,13,15-17H2,1H3. The number of rotatable bonds is 2. The molecule has 2 aromatic rings. The topological polar surface area (TPSA) is 125 Å². The minimum Gasteiger partial charge on any atom is -0.492 e. The summed E-state index contributed by atoms with van der Waals surface area (Å²) in [4.78, 5) is 20.5. The van der Waals surface area contributed by atoms with Gasteiger partial charge in [0, 0.05) is 38.1 Å². The van der Waals surface area contributed by atoms with E-state index < -0.39 is 16.1 Å². The van der Waals surface area contributed by atoms with Crippen LogP contribution in [0.4, 0.5) is 0 Å². The number of aliphatic hydroxyl groups is 1. The van der Waals surface area contributed by atoms with Crippen molar-refractivity contribution < 1.29 is 27.5 Å². The Bertz CT molecular complexity index is 1190. The second-order valence-electron chi connectivity index (χ2n) is 10.8. The van der Waals surface area contributed by atoms with Crippen molar-refractivity contribution in [2.24, 2.45) is 5.41 Å². The van der Waals surface area contributed by atoms with Gasteiger partial charge in [-0.2, -0.15) is 0 Å². The molecule has 1 saturated carbocycles. The zero-order valence-electron chi connectivity index (χ0n) is 21.3. The molecular weight excluding hydrogens is 496 g/mol. The van der Waals surface area contributed by atoms with Crippen molar-refractivity contribution in [3.63, 3.8) is 0 Å². The van der Waals surface area contributed by atoms with E-state index in [0.717, 1.165) is 18.4 Å². The number of carbonyl (C=O) groups is 1. The number of sulfonamides is 1. The summed E-state index contributed by atoms with van der Waals surface area (Å²) in [5.74, 6) is 0.804. The maximum Gasteiger partial charge on any atom is 0.291 e. The third-order valence-electron chi connectivity index (χ3n) is 8.01. The highest BCUT2D eigenvalue weighted by Crippen LogP contribution is 2.39. The molecule has 2 fully saturated rings. The normalized spacial score (nSPS) is 25.1. The van der Waals surface area contributed by atoms with Crippen molar-refractivity contribution >= 4 is 15.9 Å². The van der Waals surface area contributed by atoms with Gasteiger partial charge in [0.25, 0.3) is 5.91 Å². The van der Waals surface area contributed by atoms with Crippen molar-refractivity contribution in [2.45, 2.75) is 55.4 Å². The average Bonchev–Trinajstić information content (AvgIpc) is 3.61. The quantitative estimate of drug-likeness (QED) is 0.603. The Kier molecular flexibility index (Phi) is 7.58. The van der Waals surface area contributed by atoms with Gasteiger partial charge in [-0.25, -0.2) is 18.1 Å². The highest BCUT2D eigenvalue weighted by Gasteiger charge is 2.39. The van der Waals surface area contributed by atoms with E-state index in [9.17, 15) is 18.3 Å². The molecule has 37 heavy (non-hydrogen) atoms. The van der Waals surface area contributed by atoms with Crippen LogP contribution in [0.2, 0.25) is 0 Å². The number of β-amino-alcohol motifs (C(OH)–C–C–N with tert-alkyl or cyclic N) is 1. The van der Waals surface area contributed by atoms with Crippen molar-refractivity contribution in [1.82, 2.24) is 19.5 Å². The first-order valence-electron chi connectivity index (χ1n) is 13.1. The lowest BCUT2D eigenvalue weighted by molar-refractivity contribution is 0.0149. The highest BCUT2D eigenvalue weighted by molar-refractivity contribution is 7.89. The monoisotopic (exact) mass is 532 g/mol. The van der Waals surface area contributed by atoms with Gasteiger partial charge in [0.15, 0.2) is 6.39 Å². The first kappa shape index (κ1) is 26.1. The van der Waals surface area contributed by atoms with Crippen LogP contribution in [0.1, 0.15) is 60.6 Å². The molecule has 5 rings (SSSR count). The van der Waals surface area contributed by atoms with Gasteiger partial charge in [0.05, 0.1) is 18.9 Å². The molecule has 1 saturated heterocycles. The van der Waals surface area contributed by atoms with Gasteiger partial charge < -0.3 is 24.1 Å². The number of piperidine rings is 1. The highest BCUT2D eigenvalue weighted by atomic mass is 32.2. The summed E-state index contributed by atoms with van der Waals surface area (Å²) in [7, 11) is -1.95. The Labute approximate surface area is 218 Å². The zero-order valence-corrected chi connectivity index (χ0v) is 22.1. The van der Waals surface area contributed by atoms with Crippen molar-refractivity contribution in [3.8, 4) is 5.75 Å². The number of nitrogens with one attached hydrogen (secondary N) is 1. The molecule has 10 nitrogen and oxygen atoms in total. The van der Waals surface area contributed by atoms with Gasteiger partial charge in [-0.15, -0.1) is 0 Å². The zero-order chi connectivity index (χ0) is 26.0. The summed E-state index contributed by atoms with van der Waals surface area (Å²) in [6, 6.07) is 5.44. The number of likely N-dealkylation sites (N-methyl/N-ethyl adjacent to an activating group) is 1. The minimum absolute atomic E-state index is 0.0804. The molecule has 0 radical (unpaired) electrons. The number of ether oxygens (including phenoxy) is 1. The van der Waals surface area contributed by atoms with Gasteiger partial charge in [-0.3, -0.25) is 4.79 Å². The van der Waals surface area contributed by atoms with E-state index in [0.29, 0.717) is 57.3 Å². The first-order chi connectivity index (χ1) is 17.7. The Morgan fingerprint density at radius 3 is 2.68 bits per heavy atom. The van der Waals surface area contributed by atoms with Crippen LogP contribution in [0.5, 0.6) is 5.75 Å². The number of hydrogen-bond acceptors (Lipinski definition) is 8. The Hall–Kier alpha value is -2.47. The molecule has 11 heteroatoms. The van der Waals surface area contributed by atoms with E-state index in [4.69, 9.17) is 9.15 Å². The van der Waals surface area contributed by atoms with Gasteiger partial charge >= 0.3 is 0 Å². The third-order valence-corrected chi connectivity index (χ3v) is 9.47. The predicted octanol–water partition coefficient (Wildman–Crippen LogP) is 2.22. The lowest BCUT2D eigenvalue weighted by atomic mass is 9.78. The second kappa shape index (κ2) is 10.7. The lowest BCUT2D eigenvalue weighted by Crippen LogP contribution is -2.51. The number of nitrogens with zero attached hydrogens (tertiary/aromatic N) is 3. The Morgan fingerprint density at radius 1 is 1.22 bits per heavy atom. The van der Waals surface area contributed by atoms with Crippen LogP contribution in [-0.2, 0) is 10.0 Å². The molecule has 2 N–H and O–H groups in total. The van der Waals surface area contributed by atoms with Crippen molar-refractivity contribution in [2.75, 3.05) is 46.4 Å². The SMILES string of the molecule is CN1CC(O)CNS(=O)(=O)c2ccc(C3CCCC3)cc2OCC2(CCN(C(=O)c3cnco3)CC2)C1. The number of aromatic nitrogens is 1. The van der Waals surface area contributed by atoms with E-state index in [1.165, 1.54) is 25.4 Å². The van der Waals surface area contributed by atoms with E-state index in [-0.39, 0.29) is 28.5 Å². The fourth-order valence-electron chi connectivity index (χ4n) is 5.96. The molecule has 0 bridgehead atoms. The third kappa shape index (κ3) is 5.84. The number of amides is 1. The molecule has 1 amide bonds. The van der Waals surface area contributed by atoms with Crippen LogP contribution in [0.15, 0.2) is 40.1 Å². The molecule has 3 heterocycles. The van der Waals surface area contributed by atoms with Crippen LogP contribution >= 0.6 is 0 Å². The van der Waals surface area contributed by atoms with E-state index >= 15 is 0 Å². The number of hydrogen-bond donors (Lipinski definition) is 2. The maximum atomic E-state index is 13.2. The molecule has 1 unspecified atom stereocenters. The van der Waals surface area contributed by atoms with Crippen molar-refractivity contribution in [1.29, 1.82) is 0 Å². The fourth-order valence-corrected chi connectivity index (χ4v) is 7.16. The smallest absolute Gasteiger partial charge is 0.291 e. The summed E-state index contributed by atoms with van der Waals surface area (Å²) in [6.45, 7) is 2.25. The summed E-state index contributed by atoms with van der Waals surface area (Å²) >= 11 is 0. The van der Waals surface area contributed by atoms with Gasteiger partial charge in [-0.1, -0.05) is 18.9 Å². The number of aliphatic hydroxyl groups excluding tert-OH is 1. The average molecular weight is 533 g/mol. The number of benzene rings is 1. The van der Waals surface area contributed by atoms with Crippen LogP contribution in [-0.4, -0.2) is 86.7 Å². The van der Waals surface area contributed by atoms with Gasteiger partial charge in [0.1, 0.15) is 10.6 Å². The largest absolute Gasteiger partial charge is 0.492 e. The fraction of sp³-hybridized carbons (Fsp3) is 0.615. The number of oxazole rings is 1. The molecule has 1 aromatic carbocycles. The first-order valence-corrected chi connectivity index (χ1v) is 14.5. The summed E-state index contributed by atoms with van der Waals surface area (Å²) in [5, 5.41) is 10.6. The predicted molar refractivity (Wildman–Crippen MR) is 136 cm³/mol. The maximum absolute atomic E-state index is 13.2. The molecule has 2 aliphatic heterocycles. The number of likely N-dealkylation sites (tertiary alicyclic amines) is 1. The Balaban J connectivity index is 1.42. The molecule has 1 aliphatic carbocycles. The lowest BCUT2D eigenvalue weighted by Gasteiger charge is -2.43. The summed E-state index contributed by atoms with van der Waals surface area (Å²) in [5.41, 5.74) is 0.793. The molecule has 1 aromatic heterocycles. The number of fused-ring (bicyclic) bond motifs is 1. The summed E-state index contributed by atoms with van der Waals surface area (Å²) in [6.07, 6.45) is 7.73. The van der Waals surface area contributed by atoms with E-state index in [1.54, 1.807) is 11.0 Å². The van der Waals surface area contributed by atoms with Crippen LogP contribution in [0.3, 0.4) is 0 Å². The molecule has 3 aliphatic rings. The molecular formula is C26H36N4O6S. The Morgan fingerprint density at radius 2 is 1.97 bits per heavy atom. The van der Waals surface area contributed by atoms with Crippen molar-refractivity contribution in [3.05, 3.63) is 42.1 Å². The second-order valence-corrected chi connectivity index (χ2v) is 12.6. The minimum atomic E-state index is -3.87. The van der Waals surface area contributed by atoms with Gasteiger partial charge in [-0.05, 0) is 56.3 Å². The van der Waals surface area contributed by atoms with Crippen LogP contribution in [0, 0.1) is 5.41 Å². The van der Waals surface area contributed by atoms with Crippen LogP contribution < -0.4 is 9.46 Å². The molecule has 202 valence electrons. The number of carbonyl (C=O) groups excluding carboxylic acids is 1. The van der Waals surface area contributed by atoms with E-state index in [2.05, 4.69) is 9.71 Å². The molecule has 1 atom stereocenters. The molecule has 1 spiro atoms. The van der Waals surface area contributed by atoms with E-state index in [1.807, 2.05) is 24.1 Å². The van der Waals surface area contributed by atoms with Crippen LogP contribution in [0.25, 0.3) is 0 Å². The summed E-state index contributed by atoms with van der Waals surface area (Å²) < 4.78 is 40.5.